The smallest absolute Gasteiger partial charge is 0.237 e. The Morgan fingerprint density at radius 2 is 2.15 bits per heavy atom. The Labute approximate surface area is 116 Å². The molecule has 0 saturated heterocycles. The molecule has 7 nitrogen and oxygen atoms in total. The van der Waals surface area contributed by atoms with Crippen LogP contribution in [-0.2, 0) is 6.42 Å². The van der Waals surface area contributed by atoms with Crippen molar-refractivity contribution in [2.24, 2.45) is 10.9 Å². The fourth-order valence-corrected chi connectivity index (χ4v) is 1.61. The van der Waals surface area contributed by atoms with E-state index in [0.717, 1.165) is 17.8 Å². The average Bonchev–Trinajstić information content (AvgIpc) is 2.49. The third kappa shape index (κ3) is 3.00. The summed E-state index contributed by atoms with van der Waals surface area (Å²) in [5, 5.41) is 11.4. The standard InChI is InChI=1S/C13H15N5O2/c1-3-9-11(5-4-8(2)17-9)20-12-7-15-10(6-16-12)13(14)18-19/h4-7,19H,3H2,1-2H3,(H2,14,18). The van der Waals surface area contributed by atoms with Crippen LogP contribution in [0.25, 0.3) is 0 Å². The van der Waals surface area contributed by atoms with E-state index in [0.29, 0.717) is 11.6 Å². The summed E-state index contributed by atoms with van der Waals surface area (Å²) in [6.07, 6.45) is 3.54. The Balaban J connectivity index is 2.22. The van der Waals surface area contributed by atoms with Crippen molar-refractivity contribution in [2.45, 2.75) is 20.3 Å². The first kappa shape index (κ1) is 13.7. The molecule has 2 rings (SSSR count). The minimum absolute atomic E-state index is 0.102. The number of oxime groups is 1. The second kappa shape index (κ2) is 5.96. The Bertz CT molecular complexity index is 625. The molecule has 2 aromatic rings. The van der Waals surface area contributed by atoms with Gasteiger partial charge in [0.2, 0.25) is 5.88 Å². The SMILES string of the molecule is CCc1nc(C)ccc1Oc1cnc(/C(N)=N/O)cn1. The Morgan fingerprint density at radius 3 is 2.75 bits per heavy atom. The molecule has 0 spiro atoms. The van der Waals surface area contributed by atoms with Crippen molar-refractivity contribution in [2.75, 3.05) is 0 Å². The molecule has 20 heavy (non-hydrogen) atoms. The predicted octanol–water partition coefficient (Wildman–Crippen LogP) is 1.63. The largest absolute Gasteiger partial charge is 0.436 e. The number of pyridine rings is 1. The molecule has 0 unspecified atom stereocenters. The zero-order valence-electron chi connectivity index (χ0n) is 11.2. The normalized spacial score (nSPS) is 11.4. The summed E-state index contributed by atoms with van der Waals surface area (Å²) in [6.45, 7) is 3.93. The van der Waals surface area contributed by atoms with Gasteiger partial charge >= 0.3 is 0 Å². The van der Waals surface area contributed by atoms with Crippen LogP contribution in [0.3, 0.4) is 0 Å². The highest BCUT2D eigenvalue weighted by Gasteiger charge is 2.08. The lowest BCUT2D eigenvalue weighted by Crippen LogP contribution is -2.15. The van der Waals surface area contributed by atoms with Gasteiger partial charge in [-0.25, -0.2) is 9.97 Å². The van der Waals surface area contributed by atoms with Crippen molar-refractivity contribution in [1.29, 1.82) is 0 Å². The molecule has 0 aliphatic rings. The van der Waals surface area contributed by atoms with Crippen molar-refractivity contribution >= 4 is 5.84 Å². The highest BCUT2D eigenvalue weighted by molar-refractivity contribution is 5.94. The van der Waals surface area contributed by atoms with Gasteiger partial charge in [-0.15, -0.1) is 0 Å². The van der Waals surface area contributed by atoms with Crippen molar-refractivity contribution in [3.05, 3.63) is 41.6 Å². The minimum Gasteiger partial charge on any atom is -0.436 e. The van der Waals surface area contributed by atoms with E-state index in [2.05, 4.69) is 20.1 Å². The molecule has 3 N–H and O–H groups in total. The maximum Gasteiger partial charge on any atom is 0.237 e. The van der Waals surface area contributed by atoms with E-state index in [1.807, 2.05) is 26.0 Å². The van der Waals surface area contributed by atoms with Crippen molar-refractivity contribution in [1.82, 2.24) is 15.0 Å². The van der Waals surface area contributed by atoms with Gasteiger partial charge in [-0.1, -0.05) is 12.1 Å². The zero-order valence-corrected chi connectivity index (χ0v) is 11.2. The van der Waals surface area contributed by atoms with Gasteiger partial charge in [-0.05, 0) is 25.5 Å². The summed E-state index contributed by atoms with van der Waals surface area (Å²) in [5.41, 5.74) is 7.47. The molecule has 0 amide bonds. The molecule has 0 aliphatic carbocycles. The molecule has 0 saturated carbocycles. The number of aromatic nitrogens is 3. The third-order valence-corrected chi connectivity index (χ3v) is 2.62. The fourth-order valence-electron chi connectivity index (χ4n) is 1.61. The van der Waals surface area contributed by atoms with E-state index in [1.54, 1.807) is 0 Å². The predicted molar refractivity (Wildman–Crippen MR) is 73.0 cm³/mol. The minimum atomic E-state index is -0.102. The lowest BCUT2D eigenvalue weighted by atomic mass is 10.2. The van der Waals surface area contributed by atoms with Gasteiger partial charge in [0.1, 0.15) is 5.69 Å². The lowest BCUT2D eigenvalue weighted by Gasteiger charge is -2.09. The second-order valence-corrected chi connectivity index (χ2v) is 4.08. The van der Waals surface area contributed by atoms with Crippen LogP contribution in [-0.4, -0.2) is 26.0 Å². The molecule has 0 radical (unpaired) electrons. The van der Waals surface area contributed by atoms with Crippen LogP contribution < -0.4 is 10.5 Å². The molecular formula is C13H15N5O2. The number of aryl methyl sites for hydroxylation is 2. The molecule has 0 aromatic carbocycles. The zero-order chi connectivity index (χ0) is 14.5. The summed E-state index contributed by atoms with van der Waals surface area (Å²) >= 11 is 0. The van der Waals surface area contributed by atoms with E-state index < -0.39 is 0 Å². The molecule has 0 fully saturated rings. The Kier molecular flexibility index (Phi) is 4.09. The maximum atomic E-state index is 8.54. The van der Waals surface area contributed by atoms with Crippen LogP contribution in [0.2, 0.25) is 0 Å². The third-order valence-electron chi connectivity index (χ3n) is 2.62. The second-order valence-electron chi connectivity index (χ2n) is 4.08. The lowest BCUT2D eigenvalue weighted by molar-refractivity contribution is 0.318. The molecule has 2 heterocycles. The van der Waals surface area contributed by atoms with Gasteiger partial charge in [-0.2, -0.15) is 0 Å². The summed E-state index contributed by atoms with van der Waals surface area (Å²) in [5.74, 6) is 0.860. The van der Waals surface area contributed by atoms with E-state index in [9.17, 15) is 0 Å². The summed E-state index contributed by atoms with van der Waals surface area (Å²) in [6, 6.07) is 3.72. The Morgan fingerprint density at radius 1 is 1.35 bits per heavy atom. The molecule has 2 aromatic heterocycles. The van der Waals surface area contributed by atoms with Crippen LogP contribution in [0, 0.1) is 6.92 Å². The highest BCUT2D eigenvalue weighted by atomic mass is 16.5. The monoisotopic (exact) mass is 273 g/mol. The first-order valence-corrected chi connectivity index (χ1v) is 6.08. The van der Waals surface area contributed by atoms with Crippen LogP contribution in [0.4, 0.5) is 0 Å². The number of amidine groups is 1. The van der Waals surface area contributed by atoms with Crippen LogP contribution in [0.15, 0.2) is 29.7 Å². The van der Waals surface area contributed by atoms with Crippen molar-refractivity contribution in [3.63, 3.8) is 0 Å². The Hall–Kier alpha value is -2.70. The molecule has 0 aliphatic heterocycles. The fraction of sp³-hybridized carbons (Fsp3) is 0.231. The maximum absolute atomic E-state index is 8.54. The topological polar surface area (TPSA) is 107 Å². The van der Waals surface area contributed by atoms with E-state index in [-0.39, 0.29) is 11.5 Å². The number of nitrogens with zero attached hydrogens (tertiary/aromatic N) is 4. The van der Waals surface area contributed by atoms with Crippen LogP contribution in [0.5, 0.6) is 11.6 Å². The number of nitrogens with two attached hydrogens (primary N) is 1. The molecule has 7 heteroatoms. The molecular weight excluding hydrogens is 258 g/mol. The number of ether oxygens (including phenoxy) is 1. The van der Waals surface area contributed by atoms with Gasteiger partial charge in [0.05, 0.1) is 18.1 Å². The van der Waals surface area contributed by atoms with Crippen LogP contribution >= 0.6 is 0 Å². The summed E-state index contributed by atoms with van der Waals surface area (Å²) in [4.78, 5) is 12.5. The first-order chi connectivity index (χ1) is 9.63. The highest BCUT2D eigenvalue weighted by Crippen LogP contribution is 2.22. The number of rotatable bonds is 4. The van der Waals surface area contributed by atoms with Gasteiger partial charge in [0.25, 0.3) is 0 Å². The summed E-state index contributed by atoms with van der Waals surface area (Å²) < 4.78 is 5.64. The van der Waals surface area contributed by atoms with Gasteiger partial charge in [0, 0.05) is 5.69 Å². The van der Waals surface area contributed by atoms with Gasteiger partial charge in [0.15, 0.2) is 11.6 Å². The number of hydrogen-bond donors (Lipinski definition) is 2. The van der Waals surface area contributed by atoms with Crippen molar-refractivity contribution in [3.8, 4) is 11.6 Å². The number of hydrogen-bond acceptors (Lipinski definition) is 6. The summed E-state index contributed by atoms with van der Waals surface area (Å²) in [7, 11) is 0. The van der Waals surface area contributed by atoms with Gasteiger partial charge < -0.3 is 15.7 Å². The van der Waals surface area contributed by atoms with E-state index in [4.69, 9.17) is 15.7 Å². The van der Waals surface area contributed by atoms with Gasteiger partial charge in [-0.3, -0.25) is 4.98 Å². The quantitative estimate of drug-likeness (QED) is 0.379. The van der Waals surface area contributed by atoms with Crippen LogP contribution in [0.1, 0.15) is 24.0 Å². The molecule has 104 valence electrons. The van der Waals surface area contributed by atoms with Crippen molar-refractivity contribution < 1.29 is 9.94 Å². The first-order valence-electron chi connectivity index (χ1n) is 6.08. The molecule has 0 bridgehead atoms. The van der Waals surface area contributed by atoms with E-state index >= 15 is 0 Å². The van der Waals surface area contributed by atoms with E-state index in [1.165, 1.54) is 12.4 Å². The average molecular weight is 273 g/mol. The molecule has 0 atom stereocenters.